The maximum atomic E-state index is 10.5. The van der Waals surface area contributed by atoms with Gasteiger partial charge in [0.1, 0.15) is 23.0 Å². The van der Waals surface area contributed by atoms with E-state index >= 15 is 0 Å². The Hall–Kier alpha value is -3.50. The molecule has 0 fully saturated rings. The van der Waals surface area contributed by atoms with Crippen molar-refractivity contribution in [2.24, 2.45) is 0 Å². The molecule has 0 aromatic heterocycles. The van der Waals surface area contributed by atoms with E-state index in [-0.39, 0.29) is 5.75 Å². The SMILES string of the molecule is COc1ccc2c(c1)Oc1ccc3c(O)cccc3c1[C@]2(OC)c1ccccc1. The van der Waals surface area contributed by atoms with Crippen molar-refractivity contribution in [3.05, 3.63) is 95.6 Å². The van der Waals surface area contributed by atoms with Gasteiger partial charge in [-0.05, 0) is 41.3 Å². The molecule has 29 heavy (non-hydrogen) atoms. The molecule has 0 spiro atoms. The Morgan fingerprint density at radius 3 is 2.38 bits per heavy atom. The number of hydrogen-bond acceptors (Lipinski definition) is 4. The molecule has 144 valence electrons. The van der Waals surface area contributed by atoms with Crippen molar-refractivity contribution >= 4 is 10.8 Å². The van der Waals surface area contributed by atoms with Gasteiger partial charge in [-0.3, -0.25) is 0 Å². The molecule has 1 heterocycles. The molecule has 5 rings (SSSR count). The molecular weight excluding hydrogens is 364 g/mol. The third-order valence-corrected chi connectivity index (χ3v) is 5.63. The van der Waals surface area contributed by atoms with E-state index in [0.29, 0.717) is 17.2 Å². The summed E-state index contributed by atoms with van der Waals surface area (Å²) in [6, 6.07) is 25.1. The van der Waals surface area contributed by atoms with Gasteiger partial charge in [-0.1, -0.05) is 42.5 Å². The Labute approximate surface area is 168 Å². The largest absolute Gasteiger partial charge is 0.507 e. The molecule has 0 unspecified atom stereocenters. The molecule has 4 nitrogen and oxygen atoms in total. The highest BCUT2D eigenvalue weighted by atomic mass is 16.5. The number of hydrogen-bond donors (Lipinski definition) is 1. The van der Waals surface area contributed by atoms with E-state index in [0.717, 1.165) is 27.5 Å². The van der Waals surface area contributed by atoms with Crippen LogP contribution in [-0.4, -0.2) is 19.3 Å². The van der Waals surface area contributed by atoms with E-state index in [1.807, 2.05) is 72.8 Å². The Morgan fingerprint density at radius 2 is 1.62 bits per heavy atom. The first-order chi connectivity index (χ1) is 14.2. The van der Waals surface area contributed by atoms with E-state index in [2.05, 4.69) is 0 Å². The van der Waals surface area contributed by atoms with E-state index < -0.39 is 5.60 Å². The van der Waals surface area contributed by atoms with Gasteiger partial charge in [0.05, 0.1) is 7.11 Å². The van der Waals surface area contributed by atoms with E-state index in [1.54, 1.807) is 20.3 Å². The first-order valence-electron chi connectivity index (χ1n) is 9.41. The predicted molar refractivity (Wildman–Crippen MR) is 112 cm³/mol. The molecule has 4 aromatic rings. The maximum Gasteiger partial charge on any atom is 0.151 e. The highest BCUT2D eigenvalue weighted by Crippen LogP contribution is 2.55. The summed E-state index contributed by atoms with van der Waals surface area (Å²) in [5.41, 5.74) is 1.84. The van der Waals surface area contributed by atoms with Gasteiger partial charge in [0.25, 0.3) is 0 Å². The number of rotatable bonds is 3. The van der Waals surface area contributed by atoms with Crippen LogP contribution in [0.3, 0.4) is 0 Å². The standard InChI is InChI=1S/C25H20O4/c1-27-17-11-13-20-23(15-17)29-22-14-12-18-19(9-6-10-21(18)26)24(22)25(20,28-2)16-7-4-3-5-8-16/h3-15,26H,1-2H3/t25-/m0/s1. The summed E-state index contributed by atoms with van der Waals surface area (Å²) in [6.07, 6.45) is 0. The van der Waals surface area contributed by atoms with Crippen molar-refractivity contribution in [1.82, 2.24) is 0 Å². The number of methoxy groups -OCH3 is 2. The van der Waals surface area contributed by atoms with Crippen molar-refractivity contribution in [3.8, 4) is 23.0 Å². The molecule has 0 amide bonds. The fourth-order valence-electron chi connectivity index (χ4n) is 4.33. The zero-order valence-corrected chi connectivity index (χ0v) is 16.2. The van der Waals surface area contributed by atoms with E-state index in [4.69, 9.17) is 14.2 Å². The Kier molecular flexibility index (Phi) is 3.96. The van der Waals surface area contributed by atoms with Gasteiger partial charge < -0.3 is 19.3 Å². The third kappa shape index (κ3) is 2.43. The van der Waals surface area contributed by atoms with Crippen molar-refractivity contribution in [1.29, 1.82) is 0 Å². The molecule has 1 aliphatic heterocycles. The lowest BCUT2D eigenvalue weighted by Gasteiger charge is -2.40. The normalized spacial score (nSPS) is 17.3. The van der Waals surface area contributed by atoms with Crippen LogP contribution < -0.4 is 9.47 Å². The lowest BCUT2D eigenvalue weighted by molar-refractivity contribution is 0.0512. The fourth-order valence-corrected chi connectivity index (χ4v) is 4.33. The highest BCUT2D eigenvalue weighted by molar-refractivity contribution is 5.94. The first kappa shape index (κ1) is 17.6. The van der Waals surface area contributed by atoms with Gasteiger partial charge in [0.15, 0.2) is 5.60 Å². The van der Waals surface area contributed by atoms with Gasteiger partial charge in [0.2, 0.25) is 0 Å². The Morgan fingerprint density at radius 1 is 0.793 bits per heavy atom. The minimum atomic E-state index is -0.899. The topological polar surface area (TPSA) is 47.9 Å². The number of phenolic OH excluding ortho intramolecular Hbond substituents is 1. The van der Waals surface area contributed by atoms with Crippen LogP contribution in [0.4, 0.5) is 0 Å². The number of ether oxygens (including phenoxy) is 3. The number of phenols is 1. The van der Waals surface area contributed by atoms with Crippen molar-refractivity contribution in [2.45, 2.75) is 5.60 Å². The average molecular weight is 384 g/mol. The number of aromatic hydroxyl groups is 1. The number of benzene rings is 4. The molecule has 4 aromatic carbocycles. The zero-order chi connectivity index (χ0) is 20.0. The van der Waals surface area contributed by atoms with Gasteiger partial charge in [-0.2, -0.15) is 0 Å². The summed E-state index contributed by atoms with van der Waals surface area (Å²) in [7, 11) is 3.34. The van der Waals surface area contributed by atoms with Crippen LogP contribution in [0.15, 0.2) is 78.9 Å². The van der Waals surface area contributed by atoms with Gasteiger partial charge in [-0.15, -0.1) is 0 Å². The van der Waals surface area contributed by atoms with Crippen LogP contribution in [0.5, 0.6) is 23.0 Å². The fraction of sp³-hybridized carbons (Fsp3) is 0.120. The Bertz CT molecular complexity index is 1220. The second-order valence-corrected chi connectivity index (χ2v) is 7.03. The summed E-state index contributed by atoms with van der Waals surface area (Å²) >= 11 is 0. The summed E-state index contributed by atoms with van der Waals surface area (Å²) in [6.45, 7) is 0. The molecule has 0 bridgehead atoms. The van der Waals surface area contributed by atoms with Crippen molar-refractivity contribution in [3.63, 3.8) is 0 Å². The molecule has 0 aliphatic carbocycles. The maximum absolute atomic E-state index is 10.5. The van der Waals surface area contributed by atoms with E-state index in [1.165, 1.54) is 0 Å². The molecule has 4 heteroatoms. The molecule has 0 saturated carbocycles. The average Bonchev–Trinajstić information content (AvgIpc) is 2.77. The lowest BCUT2D eigenvalue weighted by atomic mass is 9.76. The third-order valence-electron chi connectivity index (χ3n) is 5.63. The molecule has 1 aliphatic rings. The molecule has 0 saturated heterocycles. The lowest BCUT2D eigenvalue weighted by Crippen LogP contribution is -2.35. The first-order valence-corrected chi connectivity index (χ1v) is 9.41. The Balaban J connectivity index is 1.94. The second-order valence-electron chi connectivity index (χ2n) is 7.03. The molecular formula is C25H20O4. The summed E-state index contributed by atoms with van der Waals surface area (Å²) < 4.78 is 18.0. The van der Waals surface area contributed by atoms with Gasteiger partial charge >= 0.3 is 0 Å². The van der Waals surface area contributed by atoms with Crippen LogP contribution in [-0.2, 0) is 10.3 Å². The molecule has 0 radical (unpaired) electrons. The monoisotopic (exact) mass is 384 g/mol. The van der Waals surface area contributed by atoms with Crippen LogP contribution in [0.2, 0.25) is 0 Å². The van der Waals surface area contributed by atoms with Crippen LogP contribution in [0.25, 0.3) is 10.8 Å². The highest BCUT2D eigenvalue weighted by Gasteiger charge is 2.45. The number of fused-ring (bicyclic) bond motifs is 4. The predicted octanol–water partition coefficient (Wildman–Crippen LogP) is 5.60. The van der Waals surface area contributed by atoms with Crippen LogP contribution in [0, 0.1) is 0 Å². The van der Waals surface area contributed by atoms with E-state index in [9.17, 15) is 5.11 Å². The molecule has 1 N–H and O–H groups in total. The summed E-state index contributed by atoms with van der Waals surface area (Å²) in [4.78, 5) is 0. The minimum Gasteiger partial charge on any atom is -0.507 e. The quantitative estimate of drug-likeness (QED) is 0.500. The van der Waals surface area contributed by atoms with Crippen molar-refractivity contribution in [2.75, 3.05) is 14.2 Å². The zero-order valence-electron chi connectivity index (χ0n) is 16.2. The second kappa shape index (κ2) is 6.54. The smallest absolute Gasteiger partial charge is 0.151 e. The minimum absolute atomic E-state index is 0.226. The van der Waals surface area contributed by atoms with Crippen molar-refractivity contribution < 1.29 is 19.3 Å². The summed E-state index contributed by atoms with van der Waals surface area (Å²) in [5, 5.41) is 12.1. The van der Waals surface area contributed by atoms with Crippen LogP contribution in [0.1, 0.15) is 16.7 Å². The van der Waals surface area contributed by atoms with Gasteiger partial charge in [0, 0.05) is 29.7 Å². The van der Waals surface area contributed by atoms with Gasteiger partial charge in [-0.25, -0.2) is 0 Å². The molecule has 1 atom stereocenters. The van der Waals surface area contributed by atoms with Crippen LogP contribution >= 0.6 is 0 Å². The summed E-state index contributed by atoms with van der Waals surface area (Å²) in [5.74, 6) is 2.31.